The van der Waals surface area contributed by atoms with Crippen LogP contribution in [0.25, 0.3) is 11.0 Å². The Balaban J connectivity index is 2.05. The number of ether oxygens (including phenoxy) is 1. The first kappa shape index (κ1) is 16.6. The zero-order valence-electron chi connectivity index (χ0n) is 14.4. The van der Waals surface area contributed by atoms with Gasteiger partial charge in [-0.3, -0.25) is 0 Å². The van der Waals surface area contributed by atoms with E-state index in [0.29, 0.717) is 12.2 Å². The van der Waals surface area contributed by atoms with Crippen molar-refractivity contribution in [3.8, 4) is 0 Å². The number of furan rings is 1. The molecule has 4 nitrogen and oxygen atoms in total. The van der Waals surface area contributed by atoms with Crippen LogP contribution in [0.5, 0.6) is 0 Å². The van der Waals surface area contributed by atoms with Crippen LogP contribution in [0.2, 0.25) is 0 Å². The molecule has 0 atom stereocenters. The van der Waals surface area contributed by atoms with Crippen LogP contribution in [0.4, 0.5) is 0 Å². The van der Waals surface area contributed by atoms with Gasteiger partial charge in [-0.2, -0.15) is 0 Å². The average molecular weight is 304 g/mol. The van der Waals surface area contributed by atoms with Crippen molar-refractivity contribution in [3.63, 3.8) is 0 Å². The first-order valence-electron chi connectivity index (χ1n) is 7.54. The quantitative estimate of drug-likeness (QED) is 0.625. The number of fused-ring (bicyclic) bond motifs is 1. The predicted molar refractivity (Wildman–Crippen MR) is 87.9 cm³/mol. The Hall–Kier alpha value is -1.81. The van der Waals surface area contributed by atoms with Crippen molar-refractivity contribution in [2.24, 2.45) is 5.41 Å². The lowest BCUT2D eigenvalue weighted by atomic mass is 9.93. The summed E-state index contributed by atoms with van der Waals surface area (Å²) in [6.07, 6.45) is 0. The lowest BCUT2D eigenvalue weighted by Gasteiger charge is -2.33. The Morgan fingerprint density at radius 1 is 1.23 bits per heavy atom. The van der Waals surface area contributed by atoms with E-state index in [1.165, 1.54) is 0 Å². The predicted octanol–water partition coefficient (Wildman–Crippen LogP) is 3.63. The molecule has 2 rings (SSSR count). The number of benzene rings is 1. The second kappa shape index (κ2) is 5.76. The monoisotopic (exact) mass is 304 g/mol. The Bertz CT molecular complexity index is 677. The molecule has 1 heterocycles. The van der Waals surface area contributed by atoms with Crippen molar-refractivity contribution >= 4 is 16.9 Å². The van der Waals surface area contributed by atoms with Gasteiger partial charge in [-0.05, 0) is 25.1 Å². The molecular weight excluding hydrogens is 278 g/mol. The fraction of sp³-hybridized carbons (Fsp3) is 0.500. The van der Waals surface area contributed by atoms with Gasteiger partial charge in [0.05, 0.1) is 27.7 Å². The number of aryl methyl sites for hydroxylation is 1. The fourth-order valence-corrected chi connectivity index (χ4v) is 2.93. The molecule has 0 N–H and O–H groups in total. The lowest BCUT2D eigenvalue weighted by Crippen LogP contribution is -2.44. The summed E-state index contributed by atoms with van der Waals surface area (Å²) in [7, 11) is 6.39. The van der Waals surface area contributed by atoms with Crippen molar-refractivity contribution in [1.82, 2.24) is 0 Å². The van der Waals surface area contributed by atoms with Crippen LogP contribution in [-0.4, -0.2) is 44.7 Å². The smallest absolute Gasteiger partial charge is 0.374 e. The molecule has 0 unspecified atom stereocenters. The average Bonchev–Trinajstić information content (AvgIpc) is 2.76. The molecule has 0 spiro atoms. The minimum absolute atomic E-state index is 0.0868. The molecule has 0 amide bonds. The van der Waals surface area contributed by atoms with Crippen LogP contribution in [-0.2, 0) is 4.74 Å². The molecule has 0 aliphatic rings. The number of carbonyl (C=O) groups excluding carboxylic acids is 1. The van der Waals surface area contributed by atoms with Gasteiger partial charge in [0.25, 0.3) is 0 Å². The zero-order valence-corrected chi connectivity index (χ0v) is 14.4. The van der Waals surface area contributed by atoms with E-state index in [4.69, 9.17) is 9.15 Å². The number of quaternary nitrogens is 1. The molecule has 0 aliphatic carbocycles. The molecule has 1 aromatic carbocycles. The van der Waals surface area contributed by atoms with Crippen molar-refractivity contribution < 1.29 is 18.4 Å². The minimum Gasteiger partial charge on any atom is -0.459 e. The topological polar surface area (TPSA) is 39.4 Å². The molecule has 0 bridgehead atoms. The SMILES string of the molecule is Cc1ccc2oc(C(=O)OCC(C)(C)C[N+](C)(C)C)cc2c1. The Labute approximate surface area is 132 Å². The van der Waals surface area contributed by atoms with Crippen molar-refractivity contribution in [2.45, 2.75) is 20.8 Å². The molecule has 0 fully saturated rings. The van der Waals surface area contributed by atoms with Gasteiger partial charge in [0, 0.05) is 10.8 Å². The number of rotatable bonds is 5. The molecule has 0 aliphatic heterocycles. The summed E-state index contributed by atoms with van der Waals surface area (Å²) in [5.74, 6) is -0.134. The maximum absolute atomic E-state index is 12.2. The number of hydrogen-bond donors (Lipinski definition) is 0. The van der Waals surface area contributed by atoms with Gasteiger partial charge in [-0.15, -0.1) is 0 Å². The standard InChI is InChI=1S/C18H26NO3/c1-13-7-8-15-14(9-13)10-16(22-15)17(20)21-12-18(2,3)11-19(4,5)6/h7-10H,11-12H2,1-6H3/q+1. The highest BCUT2D eigenvalue weighted by Gasteiger charge is 2.28. The molecule has 22 heavy (non-hydrogen) atoms. The summed E-state index contributed by atoms with van der Waals surface area (Å²) in [6, 6.07) is 7.59. The number of carbonyl (C=O) groups is 1. The highest BCUT2D eigenvalue weighted by atomic mass is 16.5. The number of nitrogens with zero attached hydrogens (tertiary/aromatic N) is 1. The third-order valence-electron chi connectivity index (χ3n) is 3.37. The number of esters is 1. The maximum Gasteiger partial charge on any atom is 0.374 e. The Morgan fingerprint density at radius 2 is 1.91 bits per heavy atom. The van der Waals surface area contributed by atoms with Gasteiger partial charge in [-0.25, -0.2) is 4.79 Å². The van der Waals surface area contributed by atoms with E-state index in [0.717, 1.165) is 22.0 Å². The Kier molecular flexibility index (Phi) is 4.34. The second-order valence-corrected chi connectivity index (χ2v) is 7.84. The summed E-state index contributed by atoms with van der Waals surface area (Å²) >= 11 is 0. The molecule has 1 aromatic heterocycles. The molecule has 2 aromatic rings. The first-order chi connectivity index (χ1) is 10.1. The molecule has 0 saturated heterocycles. The van der Waals surface area contributed by atoms with Gasteiger partial charge >= 0.3 is 5.97 Å². The van der Waals surface area contributed by atoms with Gasteiger partial charge in [0.15, 0.2) is 0 Å². The first-order valence-corrected chi connectivity index (χ1v) is 7.54. The lowest BCUT2D eigenvalue weighted by molar-refractivity contribution is -0.877. The number of hydrogen-bond acceptors (Lipinski definition) is 3. The van der Waals surface area contributed by atoms with Gasteiger partial charge in [0.1, 0.15) is 12.2 Å². The van der Waals surface area contributed by atoms with E-state index in [2.05, 4.69) is 35.0 Å². The highest BCUT2D eigenvalue weighted by Crippen LogP contribution is 2.23. The van der Waals surface area contributed by atoms with Gasteiger partial charge in [0.2, 0.25) is 5.76 Å². The van der Waals surface area contributed by atoms with Gasteiger partial charge < -0.3 is 13.6 Å². The third-order valence-corrected chi connectivity index (χ3v) is 3.37. The Morgan fingerprint density at radius 3 is 2.55 bits per heavy atom. The van der Waals surface area contributed by atoms with Crippen LogP contribution in [0.15, 0.2) is 28.7 Å². The summed E-state index contributed by atoms with van der Waals surface area (Å²) in [4.78, 5) is 12.2. The van der Waals surface area contributed by atoms with Crippen LogP contribution >= 0.6 is 0 Å². The van der Waals surface area contributed by atoms with Crippen LogP contribution in [0.3, 0.4) is 0 Å². The van der Waals surface area contributed by atoms with Crippen LogP contribution in [0.1, 0.15) is 30.0 Å². The third kappa shape index (κ3) is 4.34. The molecule has 4 heteroatoms. The molecule has 0 radical (unpaired) electrons. The summed E-state index contributed by atoms with van der Waals surface area (Å²) in [5.41, 5.74) is 1.76. The molecule has 120 valence electrons. The zero-order chi connectivity index (χ0) is 16.5. The van der Waals surface area contributed by atoms with E-state index >= 15 is 0 Å². The van der Waals surface area contributed by atoms with E-state index in [1.807, 2.05) is 25.1 Å². The molecule has 0 saturated carbocycles. The van der Waals surface area contributed by atoms with Crippen molar-refractivity contribution in [2.75, 3.05) is 34.3 Å². The normalized spacial score (nSPS) is 12.6. The second-order valence-electron chi connectivity index (χ2n) is 7.84. The minimum atomic E-state index is -0.400. The van der Waals surface area contributed by atoms with Crippen molar-refractivity contribution in [1.29, 1.82) is 0 Å². The molecular formula is C18H26NO3+. The van der Waals surface area contributed by atoms with Crippen LogP contribution in [0, 0.1) is 12.3 Å². The van der Waals surface area contributed by atoms with Crippen molar-refractivity contribution in [3.05, 3.63) is 35.6 Å². The maximum atomic E-state index is 12.2. The highest BCUT2D eigenvalue weighted by molar-refractivity contribution is 5.92. The summed E-state index contributed by atoms with van der Waals surface area (Å²) in [6.45, 7) is 7.51. The van der Waals surface area contributed by atoms with E-state index < -0.39 is 5.97 Å². The van der Waals surface area contributed by atoms with E-state index in [9.17, 15) is 4.79 Å². The largest absolute Gasteiger partial charge is 0.459 e. The summed E-state index contributed by atoms with van der Waals surface area (Å²) < 4.78 is 11.9. The van der Waals surface area contributed by atoms with Gasteiger partial charge in [-0.1, -0.05) is 25.5 Å². The van der Waals surface area contributed by atoms with Crippen LogP contribution < -0.4 is 0 Å². The van der Waals surface area contributed by atoms with E-state index in [-0.39, 0.29) is 11.2 Å². The summed E-state index contributed by atoms with van der Waals surface area (Å²) in [5, 5.41) is 0.928. The fourth-order valence-electron chi connectivity index (χ4n) is 2.93. The van der Waals surface area contributed by atoms with E-state index in [1.54, 1.807) is 6.07 Å².